The van der Waals surface area contributed by atoms with Gasteiger partial charge in [-0.15, -0.1) is 0 Å². The van der Waals surface area contributed by atoms with E-state index in [1.807, 2.05) is 36.4 Å². The van der Waals surface area contributed by atoms with Crippen molar-refractivity contribution in [3.05, 3.63) is 157 Å². The van der Waals surface area contributed by atoms with Gasteiger partial charge in [-0.1, -0.05) is 116 Å². The summed E-state index contributed by atoms with van der Waals surface area (Å²) in [5.41, 5.74) is 8.42. The van der Waals surface area contributed by atoms with Gasteiger partial charge in [0.05, 0.1) is 5.57 Å². The number of benzene rings is 5. The highest BCUT2D eigenvalue weighted by Crippen LogP contribution is 2.35. The van der Waals surface area contributed by atoms with Gasteiger partial charge in [0.2, 0.25) is 0 Å². The second kappa shape index (κ2) is 11.3. The Balaban J connectivity index is 1.32. The van der Waals surface area contributed by atoms with Gasteiger partial charge in [0.1, 0.15) is 0 Å². The number of anilines is 3. The van der Waals surface area contributed by atoms with Crippen LogP contribution in [0.25, 0.3) is 28.9 Å². The molecule has 0 unspecified atom stereocenters. The molecule has 0 aliphatic rings. The lowest BCUT2D eigenvalue weighted by Crippen LogP contribution is -2.09. The number of carboxylic acid groups (broad SMARTS) is 1. The first-order chi connectivity index (χ1) is 18.6. The van der Waals surface area contributed by atoms with Gasteiger partial charge in [-0.25, -0.2) is 4.79 Å². The van der Waals surface area contributed by atoms with Crippen LogP contribution in [-0.4, -0.2) is 11.1 Å². The van der Waals surface area contributed by atoms with Crippen LogP contribution in [0.2, 0.25) is 0 Å². The highest BCUT2D eigenvalue weighted by molar-refractivity contribution is 6.14. The molecule has 5 rings (SSSR count). The maximum atomic E-state index is 11.1. The number of para-hydroxylation sites is 2. The quantitative estimate of drug-likeness (QED) is 0.173. The summed E-state index contributed by atoms with van der Waals surface area (Å²) in [5.74, 6) is -1.01. The molecule has 0 saturated heterocycles. The molecule has 0 amide bonds. The van der Waals surface area contributed by atoms with E-state index in [1.54, 1.807) is 12.1 Å². The zero-order chi connectivity index (χ0) is 26.3. The molecule has 5 aromatic carbocycles. The summed E-state index contributed by atoms with van der Waals surface area (Å²) in [6, 6.07) is 45.2. The summed E-state index contributed by atoms with van der Waals surface area (Å²) >= 11 is 0. The van der Waals surface area contributed by atoms with Crippen LogP contribution in [0.3, 0.4) is 0 Å². The van der Waals surface area contributed by atoms with E-state index in [0.717, 1.165) is 39.3 Å². The third-order valence-corrected chi connectivity index (χ3v) is 6.38. The Morgan fingerprint density at radius 3 is 1.39 bits per heavy atom. The third-order valence-electron chi connectivity index (χ3n) is 6.38. The summed E-state index contributed by atoms with van der Waals surface area (Å²) in [6.45, 7) is 3.60. The van der Waals surface area contributed by atoms with Crippen molar-refractivity contribution in [2.24, 2.45) is 0 Å². The van der Waals surface area contributed by atoms with Crippen LogP contribution in [0.4, 0.5) is 17.1 Å². The molecule has 5 aromatic rings. The predicted molar refractivity (Wildman–Crippen MR) is 159 cm³/mol. The largest absolute Gasteiger partial charge is 0.478 e. The highest BCUT2D eigenvalue weighted by Gasteiger charge is 2.12. The maximum absolute atomic E-state index is 11.1. The summed E-state index contributed by atoms with van der Waals surface area (Å²) in [6.07, 6.45) is 4.06. The first-order valence-electron chi connectivity index (χ1n) is 12.4. The minimum atomic E-state index is -1.01. The Morgan fingerprint density at radius 1 is 0.553 bits per heavy atom. The molecule has 184 valence electrons. The fraction of sp³-hybridized carbons (Fsp3) is 0. The average molecular weight is 494 g/mol. The lowest BCUT2D eigenvalue weighted by atomic mass is 10.0. The van der Waals surface area contributed by atoms with Gasteiger partial charge in [0.25, 0.3) is 0 Å². The normalized spacial score (nSPS) is 10.8. The molecule has 0 saturated carbocycles. The van der Waals surface area contributed by atoms with Crippen LogP contribution in [0, 0.1) is 0 Å². The topological polar surface area (TPSA) is 40.5 Å². The van der Waals surface area contributed by atoms with Gasteiger partial charge in [0.15, 0.2) is 0 Å². The van der Waals surface area contributed by atoms with Crippen LogP contribution in [-0.2, 0) is 4.79 Å². The number of nitrogens with zero attached hydrogens (tertiary/aromatic N) is 1. The molecule has 0 atom stereocenters. The SMILES string of the molecule is C=C(C(=O)O)c1ccc(C=Cc2ccc(-c3ccc(N(c4ccccc4)c4ccccc4)cc3)cc2)cc1. The molecule has 38 heavy (non-hydrogen) atoms. The molecule has 1 N–H and O–H groups in total. The Labute approximate surface area is 223 Å². The number of aliphatic carboxylic acids is 1. The van der Waals surface area contributed by atoms with Gasteiger partial charge in [-0.3, -0.25) is 0 Å². The average Bonchev–Trinajstić information content (AvgIpc) is 2.98. The van der Waals surface area contributed by atoms with Gasteiger partial charge in [-0.05, 0) is 64.2 Å². The van der Waals surface area contributed by atoms with E-state index < -0.39 is 5.97 Å². The van der Waals surface area contributed by atoms with Crippen molar-refractivity contribution in [1.82, 2.24) is 0 Å². The predicted octanol–water partition coefficient (Wildman–Crippen LogP) is 9.09. The minimum absolute atomic E-state index is 0.0944. The van der Waals surface area contributed by atoms with Gasteiger partial charge in [0, 0.05) is 17.1 Å². The number of carbonyl (C=O) groups is 1. The van der Waals surface area contributed by atoms with Crippen LogP contribution < -0.4 is 4.90 Å². The van der Waals surface area contributed by atoms with Crippen molar-refractivity contribution >= 4 is 40.8 Å². The first kappa shape index (κ1) is 24.5. The van der Waals surface area contributed by atoms with Crippen LogP contribution in [0.5, 0.6) is 0 Å². The standard InChI is InChI=1S/C35H27NO2/c1-26(35(37)38)29-18-14-27(15-19-29)12-13-28-16-20-30(21-17-28)31-22-24-34(25-23-31)36(32-8-4-2-5-9-32)33-10-6-3-7-11-33/h2-25H,1H2,(H,37,38). The Kier molecular flexibility index (Phi) is 7.28. The van der Waals surface area contributed by atoms with E-state index in [1.165, 1.54) is 0 Å². The number of carboxylic acids is 1. The number of hydrogen-bond acceptors (Lipinski definition) is 2. The summed E-state index contributed by atoms with van der Waals surface area (Å²) in [7, 11) is 0. The zero-order valence-corrected chi connectivity index (χ0v) is 20.9. The molecular weight excluding hydrogens is 466 g/mol. The van der Waals surface area contributed by atoms with Crippen molar-refractivity contribution < 1.29 is 9.90 Å². The second-order valence-electron chi connectivity index (χ2n) is 8.91. The van der Waals surface area contributed by atoms with Gasteiger partial charge >= 0.3 is 5.97 Å². The number of hydrogen-bond donors (Lipinski definition) is 1. The molecule has 0 fully saturated rings. The molecule has 0 radical (unpaired) electrons. The molecular formula is C35H27NO2. The van der Waals surface area contributed by atoms with E-state index in [0.29, 0.717) is 5.56 Å². The van der Waals surface area contributed by atoms with E-state index in [4.69, 9.17) is 5.11 Å². The van der Waals surface area contributed by atoms with Crippen molar-refractivity contribution in [2.75, 3.05) is 4.90 Å². The zero-order valence-electron chi connectivity index (χ0n) is 20.9. The molecule has 0 bridgehead atoms. The molecule has 3 heteroatoms. The molecule has 0 heterocycles. The molecule has 0 aromatic heterocycles. The van der Waals surface area contributed by atoms with Gasteiger partial charge < -0.3 is 10.0 Å². The summed E-state index contributed by atoms with van der Waals surface area (Å²) in [4.78, 5) is 13.3. The van der Waals surface area contributed by atoms with Crippen LogP contribution in [0.1, 0.15) is 16.7 Å². The van der Waals surface area contributed by atoms with Gasteiger partial charge in [-0.2, -0.15) is 0 Å². The van der Waals surface area contributed by atoms with Crippen molar-refractivity contribution in [3.8, 4) is 11.1 Å². The highest BCUT2D eigenvalue weighted by atomic mass is 16.4. The molecule has 0 aliphatic heterocycles. The summed E-state index contributed by atoms with van der Waals surface area (Å²) in [5, 5.41) is 9.08. The molecule has 0 aliphatic carbocycles. The fourth-order valence-electron chi connectivity index (χ4n) is 4.30. The van der Waals surface area contributed by atoms with E-state index >= 15 is 0 Å². The Morgan fingerprint density at radius 2 is 0.947 bits per heavy atom. The fourth-order valence-corrected chi connectivity index (χ4v) is 4.30. The van der Waals surface area contributed by atoms with E-state index in [2.05, 4.69) is 109 Å². The van der Waals surface area contributed by atoms with Crippen LogP contribution in [0.15, 0.2) is 140 Å². The number of rotatable bonds is 8. The lowest BCUT2D eigenvalue weighted by molar-refractivity contribution is -0.130. The maximum Gasteiger partial charge on any atom is 0.335 e. The Bertz CT molecular complexity index is 1510. The van der Waals surface area contributed by atoms with Crippen molar-refractivity contribution in [3.63, 3.8) is 0 Å². The summed E-state index contributed by atoms with van der Waals surface area (Å²) < 4.78 is 0. The Hall–Kier alpha value is -5.15. The second-order valence-corrected chi connectivity index (χ2v) is 8.91. The van der Waals surface area contributed by atoms with E-state index in [-0.39, 0.29) is 5.57 Å². The van der Waals surface area contributed by atoms with Crippen molar-refractivity contribution in [1.29, 1.82) is 0 Å². The monoisotopic (exact) mass is 493 g/mol. The smallest absolute Gasteiger partial charge is 0.335 e. The lowest BCUT2D eigenvalue weighted by Gasteiger charge is -2.25. The first-order valence-corrected chi connectivity index (χ1v) is 12.4. The van der Waals surface area contributed by atoms with Crippen molar-refractivity contribution in [2.45, 2.75) is 0 Å². The van der Waals surface area contributed by atoms with E-state index in [9.17, 15) is 4.79 Å². The molecule has 0 spiro atoms. The van der Waals surface area contributed by atoms with Crippen LogP contribution >= 0.6 is 0 Å². The molecule has 3 nitrogen and oxygen atoms in total. The third kappa shape index (κ3) is 5.63. The minimum Gasteiger partial charge on any atom is -0.478 e.